The Morgan fingerprint density at radius 3 is 2.65 bits per heavy atom. The molecule has 1 unspecified atom stereocenters. The van der Waals surface area contributed by atoms with Crippen molar-refractivity contribution in [1.82, 2.24) is 10.2 Å². The Morgan fingerprint density at radius 2 is 1.94 bits per heavy atom. The second-order valence-corrected chi connectivity index (χ2v) is 4.65. The van der Waals surface area contributed by atoms with Crippen molar-refractivity contribution in [3.05, 3.63) is 0 Å². The molecule has 0 saturated carbocycles. The third-order valence-electron chi connectivity index (χ3n) is 3.18. The maximum atomic E-state index is 5.55. The summed E-state index contributed by atoms with van der Waals surface area (Å²) in [7, 11) is 0. The highest BCUT2D eigenvalue weighted by Crippen LogP contribution is 1.97. The van der Waals surface area contributed by atoms with Gasteiger partial charge in [0.2, 0.25) is 0 Å². The molecule has 1 atom stereocenters. The zero-order chi connectivity index (χ0) is 12.3. The summed E-state index contributed by atoms with van der Waals surface area (Å²) in [5.74, 6) is 0. The Balaban J connectivity index is 1.80. The van der Waals surface area contributed by atoms with Crippen LogP contribution in [0.4, 0.5) is 0 Å². The minimum Gasteiger partial charge on any atom is -0.379 e. The van der Waals surface area contributed by atoms with Crippen LogP contribution in [-0.4, -0.2) is 63.5 Å². The Hall–Kier alpha value is -0.160. The molecule has 1 rings (SSSR count). The van der Waals surface area contributed by atoms with Crippen LogP contribution in [0.5, 0.6) is 0 Å². The molecular weight excluding hydrogens is 216 g/mol. The van der Waals surface area contributed by atoms with Gasteiger partial charge in [0.25, 0.3) is 0 Å². The Kier molecular flexibility index (Phi) is 8.61. The molecule has 0 amide bonds. The molecule has 17 heavy (non-hydrogen) atoms. The monoisotopic (exact) mass is 244 g/mol. The fraction of sp³-hybridized carbons (Fsp3) is 1.00. The zero-order valence-corrected chi connectivity index (χ0v) is 11.4. The van der Waals surface area contributed by atoms with E-state index in [9.17, 15) is 0 Å². The SMILES string of the molecule is CCC(C)OCCOCCCN1CCNCC1. The summed E-state index contributed by atoms with van der Waals surface area (Å²) in [6.45, 7) is 12.3. The van der Waals surface area contributed by atoms with Crippen LogP contribution in [0.15, 0.2) is 0 Å². The molecule has 0 aromatic carbocycles. The van der Waals surface area contributed by atoms with Gasteiger partial charge in [-0.25, -0.2) is 0 Å². The first kappa shape index (κ1) is 14.9. The van der Waals surface area contributed by atoms with Gasteiger partial charge in [0, 0.05) is 39.3 Å². The minimum atomic E-state index is 0.361. The number of hydrogen-bond acceptors (Lipinski definition) is 4. The van der Waals surface area contributed by atoms with Crippen molar-refractivity contribution in [3.8, 4) is 0 Å². The first-order valence-electron chi connectivity index (χ1n) is 6.95. The van der Waals surface area contributed by atoms with Crippen molar-refractivity contribution in [2.45, 2.75) is 32.8 Å². The molecule has 1 N–H and O–H groups in total. The van der Waals surface area contributed by atoms with Gasteiger partial charge in [0.1, 0.15) is 0 Å². The van der Waals surface area contributed by atoms with Gasteiger partial charge in [0.05, 0.1) is 19.3 Å². The average Bonchev–Trinajstić information content (AvgIpc) is 2.38. The molecule has 1 saturated heterocycles. The molecule has 1 aliphatic rings. The smallest absolute Gasteiger partial charge is 0.0704 e. The Bertz CT molecular complexity index is 173. The number of ether oxygens (including phenoxy) is 2. The normalized spacial score (nSPS) is 19.4. The lowest BCUT2D eigenvalue weighted by atomic mass is 10.3. The lowest BCUT2D eigenvalue weighted by molar-refractivity contribution is 0.00917. The van der Waals surface area contributed by atoms with Crippen molar-refractivity contribution in [2.75, 3.05) is 52.5 Å². The van der Waals surface area contributed by atoms with E-state index in [0.717, 1.165) is 52.3 Å². The van der Waals surface area contributed by atoms with E-state index in [2.05, 4.69) is 24.1 Å². The number of nitrogens with zero attached hydrogens (tertiary/aromatic N) is 1. The molecule has 4 heteroatoms. The zero-order valence-electron chi connectivity index (χ0n) is 11.4. The van der Waals surface area contributed by atoms with Gasteiger partial charge in [-0.2, -0.15) is 0 Å². The highest BCUT2D eigenvalue weighted by atomic mass is 16.5. The number of nitrogens with one attached hydrogen (secondary N) is 1. The number of hydrogen-bond donors (Lipinski definition) is 1. The van der Waals surface area contributed by atoms with E-state index < -0.39 is 0 Å². The lowest BCUT2D eigenvalue weighted by Crippen LogP contribution is -2.43. The van der Waals surface area contributed by atoms with Gasteiger partial charge in [0.15, 0.2) is 0 Å². The van der Waals surface area contributed by atoms with Crippen LogP contribution in [-0.2, 0) is 9.47 Å². The van der Waals surface area contributed by atoms with Crippen molar-refractivity contribution in [1.29, 1.82) is 0 Å². The summed E-state index contributed by atoms with van der Waals surface area (Å²) in [4.78, 5) is 2.50. The van der Waals surface area contributed by atoms with Gasteiger partial charge >= 0.3 is 0 Å². The van der Waals surface area contributed by atoms with E-state index in [0.29, 0.717) is 6.10 Å². The molecule has 1 fully saturated rings. The van der Waals surface area contributed by atoms with Crippen LogP contribution >= 0.6 is 0 Å². The van der Waals surface area contributed by atoms with E-state index in [-0.39, 0.29) is 0 Å². The summed E-state index contributed by atoms with van der Waals surface area (Å²) < 4.78 is 11.1. The number of piperazine rings is 1. The van der Waals surface area contributed by atoms with Crippen LogP contribution < -0.4 is 5.32 Å². The van der Waals surface area contributed by atoms with Crippen LogP contribution in [0.3, 0.4) is 0 Å². The second kappa shape index (κ2) is 9.83. The highest BCUT2D eigenvalue weighted by Gasteiger charge is 2.08. The fourth-order valence-corrected chi connectivity index (χ4v) is 1.85. The van der Waals surface area contributed by atoms with E-state index in [1.165, 1.54) is 13.1 Å². The summed E-state index contributed by atoms with van der Waals surface area (Å²) in [5, 5.41) is 3.36. The molecule has 1 aliphatic heterocycles. The van der Waals surface area contributed by atoms with Crippen molar-refractivity contribution < 1.29 is 9.47 Å². The van der Waals surface area contributed by atoms with Crippen LogP contribution in [0, 0.1) is 0 Å². The predicted octanol–water partition coefficient (Wildman–Crippen LogP) is 1.11. The predicted molar refractivity (Wildman–Crippen MR) is 70.5 cm³/mol. The molecule has 1 heterocycles. The van der Waals surface area contributed by atoms with Crippen molar-refractivity contribution >= 4 is 0 Å². The maximum absolute atomic E-state index is 5.55. The average molecular weight is 244 g/mol. The van der Waals surface area contributed by atoms with E-state index >= 15 is 0 Å². The largest absolute Gasteiger partial charge is 0.379 e. The summed E-state index contributed by atoms with van der Waals surface area (Å²) >= 11 is 0. The van der Waals surface area contributed by atoms with Gasteiger partial charge in [-0.1, -0.05) is 6.92 Å². The van der Waals surface area contributed by atoms with Gasteiger partial charge in [-0.05, 0) is 19.8 Å². The maximum Gasteiger partial charge on any atom is 0.0704 e. The molecule has 0 bridgehead atoms. The highest BCUT2D eigenvalue weighted by molar-refractivity contribution is 4.66. The number of rotatable bonds is 9. The minimum absolute atomic E-state index is 0.361. The van der Waals surface area contributed by atoms with Crippen LogP contribution in [0.25, 0.3) is 0 Å². The first-order valence-corrected chi connectivity index (χ1v) is 6.95. The lowest BCUT2D eigenvalue weighted by Gasteiger charge is -2.26. The van der Waals surface area contributed by atoms with E-state index in [1.807, 2.05) is 0 Å². The van der Waals surface area contributed by atoms with E-state index in [1.54, 1.807) is 0 Å². The third-order valence-corrected chi connectivity index (χ3v) is 3.18. The van der Waals surface area contributed by atoms with Crippen LogP contribution in [0.1, 0.15) is 26.7 Å². The van der Waals surface area contributed by atoms with Crippen LogP contribution in [0.2, 0.25) is 0 Å². The fourth-order valence-electron chi connectivity index (χ4n) is 1.85. The summed E-state index contributed by atoms with van der Waals surface area (Å²) in [6, 6.07) is 0. The second-order valence-electron chi connectivity index (χ2n) is 4.65. The molecule has 0 spiro atoms. The molecule has 0 aromatic rings. The van der Waals surface area contributed by atoms with Crippen molar-refractivity contribution in [2.24, 2.45) is 0 Å². The first-order chi connectivity index (χ1) is 8.33. The summed E-state index contributed by atoms with van der Waals surface area (Å²) in [6.07, 6.45) is 2.56. The third kappa shape index (κ3) is 7.71. The van der Waals surface area contributed by atoms with Gasteiger partial charge in [-0.15, -0.1) is 0 Å². The molecule has 102 valence electrons. The standard InChI is InChI=1S/C13H28N2O2/c1-3-13(2)17-12-11-16-10-4-7-15-8-5-14-6-9-15/h13-14H,3-12H2,1-2H3. The van der Waals surface area contributed by atoms with Gasteiger partial charge < -0.3 is 19.7 Å². The molecule has 0 aliphatic carbocycles. The van der Waals surface area contributed by atoms with Crippen molar-refractivity contribution in [3.63, 3.8) is 0 Å². The Morgan fingerprint density at radius 1 is 1.18 bits per heavy atom. The van der Waals surface area contributed by atoms with Gasteiger partial charge in [-0.3, -0.25) is 0 Å². The molecule has 0 radical (unpaired) electrons. The Labute approximate surface area is 106 Å². The topological polar surface area (TPSA) is 33.7 Å². The van der Waals surface area contributed by atoms with E-state index in [4.69, 9.17) is 9.47 Å². The molecule has 4 nitrogen and oxygen atoms in total. The molecular formula is C13H28N2O2. The molecule has 0 aromatic heterocycles. The summed E-state index contributed by atoms with van der Waals surface area (Å²) in [5.41, 5.74) is 0. The quantitative estimate of drug-likeness (QED) is 0.616.